The molecule has 4 heteroatoms. The predicted octanol–water partition coefficient (Wildman–Crippen LogP) is 3.70. The van der Waals surface area contributed by atoms with Gasteiger partial charge >= 0.3 is 5.97 Å². The first kappa shape index (κ1) is 14.8. The molecule has 0 aliphatic carbocycles. The number of carbonyl (C=O) groups is 1. The summed E-state index contributed by atoms with van der Waals surface area (Å²) in [6, 6.07) is 7.06. The maximum Gasteiger partial charge on any atom is 0.311 e. The quantitative estimate of drug-likeness (QED) is 0.783. The van der Waals surface area contributed by atoms with E-state index >= 15 is 0 Å². The molecular formula is C14H19ClO3. The zero-order valence-corrected chi connectivity index (χ0v) is 12.0. The van der Waals surface area contributed by atoms with Gasteiger partial charge in [0.2, 0.25) is 0 Å². The number of rotatable bonds is 4. The molecule has 0 fully saturated rings. The largest absolute Gasteiger partial charge is 0.490 e. The second-order valence-electron chi connectivity index (χ2n) is 5.23. The van der Waals surface area contributed by atoms with Crippen molar-refractivity contribution in [3.05, 3.63) is 29.3 Å². The van der Waals surface area contributed by atoms with E-state index in [0.717, 1.165) is 0 Å². The third kappa shape index (κ3) is 4.96. The molecule has 0 heterocycles. The van der Waals surface area contributed by atoms with Crippen LogP contribution in [0, 0.1) is 5.41 Å². The highest BCUT2D eigenvalue weighted by Crippen LogP contribution is 2.18. The van der Waals surface area contributed by atoms with Crippen LogP contribution in [-0.4, -0.2) is 18.7 Å². The van der Waals surface area contributed by atoms with Crippen LogP contribution in [0.5, 0.6) is 5.75 Å². The molecule has 0 bridgehead atoms. The van der Waals surface area contributed by atoms with Crippen LogP contribution in [0.1, 0.15) is 27.7 Å². The number of ether oxygens (including phenoxy) is 2. The van der Waals surface area contributed by atoms with E-state index in [9.17, 15) is 4.79 Å². The lowest BCUT2D eigenvalue weighted by molar-refractivity contribution is -0.159. The summed E-state index contributed by atoms with van der Waals surface area (Å²) in [6.45, 7) is 7.59. The Kier molecular flexibility index (Phi) is 5.03. The fourth-order valence-electron chi connectivity index (χ4n) is 1.14. The Morgan fingerprint density at radius 1 is 1.28 bits per heavy atom. The fourth-order valence-corrected chi connectivity index (χ4v) is 1.26. The average Bonchev–Trinajstić information content (AvgIpc) is 2.27. The minimum atomic E-state index is -0.492. The number of benzene rings is 1. The smallest absolute Gasteiger partial charge is 0.311 e. The van der Waals surface area contributed by atoms with Crippen LogP contribution >= 0.6 is 11.6 Å². The van der Waals surface area contributed by atoms with Crippen LogP contribution in [0.4, 0.5) is 0 Å². The lowest BCUT2D eigenvalue weighted by Crippen LogP contribution is -2.29. The van der Waals surface area contributed by atoms with Gasteiger partial charge in [-0.1, -0.05) is 11.6 Å². The first-order valence-corrected chi connectivity index (χ1v) is 6.26. The molecule has 0 aliphatic rings. The molecule has 0 amide bonds. The minimum absolute atomic E-state index is 0.227. The summed E-state index contributed by atoms with van der Waals surface area (Å²) >= 11 is 5.77. The Morgan fingerprint density at radius 2 is 1.83 bits per heavy atom. The van der Waals surface area contributed by atoms with Crippen molar-refractivity contribution in [3.63, 3.8) is 0 Å². The molecule has 18 heavy (non-hydrogen) atoms. The Balaban J connectivity index is 2.40. The van der Waals surface area contributed by atoms with Gasteiger partial charge in [0.25, 0.3) is 0 Å². The van der Waals surface area contributed by atoms with Gasteiger partial charge in [-0.05, 0) is 52.0 Å². The van der Waals surface area contributed by atoms with Crippen LogP contribution in [0.15, 0.2) is 24.3 Å². The van der Waals surface area contributed by atoms with Gasteiger partial charge in [0.05, 0.1) is 5.41 Å². The lowest BCUT2D eigenvalue weighted by Gasteiger charge is -2.21. The van der Waals surface area contributed by atoms with Crippen LogP contribution < -0.4 is 4.74 Å². The number of esters is 1. The monoisotopic (exact) mass is 270 g/mol. The highest BCUT2D eigenvalue weighted by Gasteiger charge is 2.25. The van der Waals surface area contributed by atoms with Gasteiger partial charge in [-0.15, -0.1) is 0 Å². The summed E-state index contributed by atoms with van der Waals surface area (Å²) in [7, 11) is 0. The molecule has 0 radical (unpaired) electrons. The van der Waals surface area contributed by atoms with E-state index < -0.39 is 5.41 Å². The topological polar surface area (TPSA) is 35.5 Å². The van der Waals surface area contributed by atoms with E-state index in [1.165, 1.54) is 0 Å². The summed E-state index contributed by atoms with van der Waals surface area (Å²) in [4.78, 5) is 11.6. The van der Waals surface area contributed by atoms with Gasteiger partial charge in [-0.3, -0.25) is 4.79 Å². The lowest BCUT2D eigenvalue weighted by atomic mass is 9.97. The van der Waals surface area contributed by atoms with Crippen molar-refractivity contribution in [2.24, 2.45) is 5.41 Å². The van der Waals surface area contributed by atoms with E-state index in [4.69, 9.17) is 21.1 Å². The molecule has 0 aliphatic heterocycles. The van der Waals surface area contributed by atoms with Crippen molar-refractivity contribution in [2.45, 2.75) is 33.8 Å². The van der Waals surface area contributed by atoms with E-state index in [2.05, 4.69) is 0 Å². The molecule has 1 unspecified atom stereocenters. The van der Waals surface area contributed by atoms with Crippen molar-refractivity contribution in [1.82, 2.24) is 0 Å². The molecular weight excluding hydrogens is 252 g/mol. The third-order valence-electron chi connectivity index (χ3n) is 2.22. The maximum absolute atomic E-state index is 11.6. The second-order valence-corrected chi connectivity index (χ2v) is 5.67. The van der Waals surface area contributed by atoms with Gasteiger partial charge in [0.1, 0.15) is 18.5 Å². The number of hydrogen-bond acceptors (Lipinski definition) is 3. The minimum Gasteiger partial charge on any atom is -0.490 e. The Morgan fingerprint density at radius 3 is 2.33 bits per heavy atom. The van der Waals surface area contributed by atoms with E-state index in [1.54, 1.807) is 31.2 Å². The SMILES string of the molecule is CC(COc1ccc(Cl)cc1)OC(=O)C(C)(C)C. The van der Waals surface area contributed by atoms with Gasteiger partial charge < -0.3 is 9.47 Å². The molecule has 100 valence electrons. The molecule has 0 N–H and O–H groups in total. The molecule has 1 aromatic carbocycles. The Bertz CT molecular complexity index is 392. The predicted molar refractivity (Wildman–Crippen MR) is 72.0 cm³/mol. The van der Waals surface area contributed by atoms with Gasteiger partial charge in [0, 0.05) is 5.02 Å². The van der Waals surface area contributed by atoms with Crippen LogP contribution in [0.25, 0.3) is 0 Å². The molecule has 0 saturated carbocycles. The number of carbonyl (C=O) groups excluding carboxylic acids is 1. The number of hydrogen-bond donors (Lipinski definition) is 0. The summed E-state index contributed by atoms with van der Waals surface area (Å²) < 4.78 is 10.8. The van der Waals surface area contributed by atoms with Gasteiger partial charge in [-0.25, -0.2) is 0 Å². The van der Waals surface area contributed by atoms with Crippen molar-refractivity contribution in [3.8, 4) is 5.75 Å². The maximum atomic E-state index is 11.6. The molecule has 1 rings (SSSR count). The van der Waals surface area contributed by atoms with Crippen LogP contribution in [-0.2, 0) is 9.53 Å². The Hall–Kier alpha value is -1.22. The summed E-state index contributed by atoms with van der Waals surface area (Å²) in [5, 5.41) is 0.662. The first-order valence-electron chi connectivity index (χ1n) is 5.88. The van der Waals surface area contributed by atoms with Crippen molar-refractivity contribution in [2.75, 3.05) is 6.61 Å². The standard InChI is InChI=1S/C14H19ClO3/c1-10(18-13(16)14(2,3)4)9-17-12-7-5-11(15)6-8-12/h5-8,10H,9H2,1-4H3. The van der Waals surface area contributed by atoms with Crippen LogP contribution in [0.3, 0.4) is 0 Å². The molecule has 1 aromatic rings. The average molecular weight is 271 g/mol. The zero-order chi connectivity index (χ0) is 13.8. The Labute approximate surface area is 113 Å². The van der Waals surface area contributed by atoms with Crippen molar-refractivity contribution < 1.29 is 14.3 Å². The van der Waals surface area contributed by atoms with E-state index in [-0.39, 0.29) is 12.1 Å². The van der Waals surface area contributed by atoms with E-state index in [1.807, 2.05) is 20.8 Å². The van der Waals surface area contributed by atoms with Gasteiger partial charge in [0.15, 0.2) is 0 Å². The van der Waals surface area contributed by atoms with Crippen molar-refractivity contribution in [1.29, 1.82) is 0 Å². The van der Waals surface area contributed by atoms with E-state index in [0.29, 0.717) is 17.4 Å². The third-order valence-corrected chi connectivity index (χ3v) is 2.47. The van der Waals surface area contributed by atoms with Crippen molar-refractivity contribution >= 4 is 17.6 Å². The number of halogens is 1. The molecule has 3 nitrogen and oxygen atoms in total. The fraction of sp³-hybridized carbons (Fsp3) is 0.500. The molecule has 1 atom stereocenters. The zero-order valence-electron chi connectivity index (χ0n) is 11.2. The highest BCUT2D eigenvalue weighted by molar-refractivity contribution is 6.30. The molecule has 0 saturated heterocycles. The highest BCUT2D eigenvalue weighted by atomic mass is 35.5. The summed E-state index contributed by atoms with van der Waals surface area (Å²) in [6.07, 6.45) is -0.285. The summed E-state index contributed by atoms with van der Waals surface area (Å²) in [5.41, 5.74) is -0.492. The normalized spacial score (nSPS) is 12.9. The second kappa shape index (κ2) is 6.10. The van der Waals surface area contributed by atoms with Crippen LogP contribution in [0.2, 0.25) is 5.02 Å². The van der Waals surface area contributed by atoms with Gasteiger partial charge in [-0.2, -0.15) is 0 Å². The summed E-state index contributed by atoms with van der Waals surface area (Å²) in [5.74, 6) is 0.479. The first-order chi connectivity index (χ1) is 8.29. The molecule has 0 aromatic heterocycles. The molecule has 0 spiro atoms.